The second kappa shape index (κ2) is 12.1. The zero-order chi connectivity index (χ0) is 28.1. The third-order valence-corrected chi connectivity index (χ3v) is 6.58. The Labute approximate surface area is 220 Å². The van der Waals surface area contributed by atoms with Crippen molar-refractivity contribution in [3.8, 4) is 5.69 Å². The molecule has 0 spiro atoms. The summed E-state index contributed by atoms with van der Waals surface area (Å²) in [6.45, 7) is 9.17. The van der Waals surface area contributed by atoms with Gasteiger partial charge in [0, 0.05) is 6.54 Å². The lowest BCUT2D eigenvalue weighted by molar-refractivity contribution is -0.141. The maximum atomic E-state index is 13.3. The molecule has 12 heteroatoms. The number of ether oxygens (including phenoxy) is 1. The monoisotopic (exact) mass is 529 g/mol. The van der Waals surface area contributed by atoms with Gasteiger partial charge in [-0.15, -0.1) is 5.10 Å². The first-order chi connectivity index (χ1) is 18.0. The second-order valence-electron chi connectivity index (χ2n) is 10.0. The zero-order valence-corrected chi connectivity index (χ0v) is 22.5. The minimum Gasteiger partial charge on any atom is -0.453 e. The molecule has 0 aliphatic carbocycles. The Morgan fingerprint density at radius 2 is 1.71 bits per heavy atom. The number of aromatic nitrogens is 2. The van der Waals surface area contributed by atoms with Crippen molar-refractivity contribution in [3.05, 3.63) is 46.3 Å². The van der Waals surface area contributed by atoms with Crippen molar-refractivity contribution >= 4 is 23.7 Å². The quantitative estimate of drug-likeness (QED) is 0.467. The van der Waals surface area contributed by atoms with E-state index in [4.69, 9.17) is 4.42 Å². The number of ketones is 1. The maximum absolute atomic E-state index is 13.3. The van der Waals surface area contributed by atoms with E-state index in [9.17, 15) is 24.0 Å². The number of rotatable bonds is 9. The molecule has 1 aromatic carbocycles. The molecule has 0 bridgehead atoms. The fourth-order valence-electron chi connectivity index (χ4n) is 4.43. The third-order valence-electron chi connectivity index (χ3n) is 6.58. The molecule has 12 nitrogen and oxygen atoms in total. The van der Waals surface area contributed by atoms with E-state index in [-0.39, 0.29) is 11.8 Å². The average Bonchev–Trinajstić information content (AvgIpc) is 3.52. The van der Waals surface area contributed by atoms with Crippen molar-refractivity contribution in [3.63, 3.8) is 0 Å². The van der Waals surface area contributed by atoms with Gasteiger partial charge in [-0.05, 0) is 43.2 Å². The molecule has 2 aromatic rings. The van der Waals surface area contributed by atoms with Gasteiger partial charge in [0.15, 0.2) is 0 Å². The van der Waals surface area contributed by atoms with Gasteiger partial charge in [0.25, 0.3) is 5.89 Å². The van der Waals surface area contributed by atoms with Crippen molar-refractivity contribution in [1.82, 2.24) is 25.3 Å². The number of aryl methyl sites for hydroxylation is 1. The summed E-state index contributed by atoms with van der Waals surface area (Å²) in [5.41, 5.74) is 1.24. The topological polar surface area (TPSA) is 153 Å². The van der Waals surface area contributed by atoms with Crippen molar-refractivity contribution in [2.45, 2.75) is 65.6 Å². The number of nitrogens with zero attached hydrogens (tertiary/aromatic N) is 3. The van der Waals surface area contributed by atoms with E-state index >= 15 is 0 Å². The highest BCUT2D eigenvalue weighted by Crippen LogP contribution is 2.22. The first-order valence-electron chi connectivity index (χ1n) is 12.6. The van der Waals surface area contributed by atoms with Crippen LogP contribution in [0.25, 0.3) is 5.69 Å². The SMILES string of the molecule is COC(=O)N[C@H](C(=O)N1CCC[C@H]1C(=O)N[C@H](C(=O)c1nn(-c2ccccc2C)c(=O)o1)C(C)C)C(C)C. The van der Waals surface area contributed by atoms with E-state index in [2.05, 4.69) is 20.5 Å². The molecule has 1 aliphatic rings. The fraction of sp³-hybridized carbons (Fsp3) is 0.538. The van der Waals surface area contributed by atoms with E-state index in [0.29, 0.717) is 25.1 Å². The standard InChI is InChI=1S/C26H35N5O7/c1-14(2)19(21(32)23-29-31(26(36)38-23)17-11-8-7-10-16(17)5)27-22(33)18-12-9-13-30(18)24(34)20(15(3)4)28-25(35)37-6/h7-8,10-11,14-15,18-20H,9,12-13H2,1-6H3,(H,27,33)(H,28,35)/t18-,19-,20-/m0/s1. The van der Waals surface area contributed by atoms with Crippen molar-refractivity contribution < 1.29 is 28.3 Å². The Morgan fingerprint density at radius 1 is 1.05 bits per heavy atom. The van der Waals surface area contributed by atoms with Crippen LogP contribution in [0.2, 0.25) is 0 Å². The first-order valence-corrected chi connectivity index (χ1v) is 12.6. The zero-order valence-electron chi connectivity index (χ0n) is 22.5. The number of alkyl carbamates (subject to hydrolysis) is 1. The van der Waals surface area contributed by atoms with Gasteiger partial charge in [0.1, 0.15) is 12.1 Å². The van der Waals surface area contributed by atoms with Gasteiger partial charge in [-0.2, -0.15) is 4.68 Å². The molecular weight excluding hydrogens is 494 g/mol. The lowest BCUT2D eigenvalue weighted by atomic mass is 9.98. The molecule has 38 heavy (non-hydrogen) atoms. The van der Waals surface area contributed by atoms with Crippen LogP contribution in [-0.2, 0) is 14.3 Å². The van der Waals surface area contributed by atoms with Gasteiger partial charge < -0.3 is 24.7 Å². The highest BCUT2D eigenvalue weighted by Gasteiger charge is 2.40. The number of nitrogens with one attached hydrogen (secondary N) is 2. The summed E-state index contributed by atoms with van der Waals surface area (Å²) in [6, 6.07) is 4.28. The van der Waals surface area contributed by atoms with Crippen LogP contribution in [0.5, 0.6) is 0 Å². The molecule has 2 heterocycles. The third kappa shape index (κ3) is 6.12. The Kier molecular flexibility index (Phi) is 9.08. The Hall–Kier alpha value is -3.96. The van der Waals surface area contributed by atoms with Crippen LogP contribution in [-0.4, -0.2) is 70.2 Å². The normalized spacial score (nSPS) is 16.8. The number of hydrogen-bond donors (Lipinski definition) is 2. The van der Waals surface area contributed by atoms with Crippen LogP contribution in [0.15, 0.2) is 33.5 Å². The molecular formula is C26H35N5O7. The highest BCUT2D eigenvalue weighted by molar-refractivity contribution is 6.00. The van der Waals surface area contributed by atoms with Crippen LogP contribution in [0, 0.1) is 18.8 Å². The number of benzene rings is 1. The van der Waals surface area contributed by atoms with E-state index < -0.39 is 53.5 Å². The van der Waals surface area contributed by atoms with Crippen LogP contribution >= 0.6 is 0 Å². The second-order valence-corrected chi connectivity index (χ2v) is 10.0. The number of likely N-dealkylation sites (tertiary alicyclic amines) is 1. The number of carbonyl (C=O) groups is 4. The molecule has 0 radical (unpaired) electrons. The molecule has 2 N–H and O–H groups in total. The summed E-state index contributed by atoms with van der Waals surface area (Å²) in [5.74, 6) is -3.42. The van der Waals surface area contributed by atoms with E-state index in [1.54, 1.807) is 52.8 Å². The van der Waals surface area contributed by atoms with Crippen molar-refractivity contribution in [2.24, 2.45) is 11.8 Å². The number of carbonyl (C=O) groups excluding carboxylic acids is 4. The van der Waals surface area contributed by atoms with Gasteiger partial charge in [-0.1, -0.05) is 45.9 Å². The molecule has 0 unspecified atom stereocenters. The summed E-state index contributed by atoms with van der Waals surface area (Å²) in [6.07, 6.45) is 0.244. The molecule has 1 saturated heterocycles. The van der Waals surface area contributed by atoms with E-state index in [0.717, 1.165) is 10.2 Å². The Morgan fingerprint density at radius 3 is 2.32 bits per heavy atom. The molecule has 1 aliphatic heterocycles. The molecule has 3 rings (SSSR count). The summed E-state index contributed by atoms with van der Waals surface area (Å²) in [7, 11) is 1.21. The van der Waals surface area contributed by atoms with E-state index in [1.807, 2.05) is 6.07 Å². The molecule has 0 saturated carbocycles. The Balaban J connectivity index is 1.80. The summed E-state index contributed by atoms with van der Waals surface area (Å²) in [4.78, 5) is 65.6. The van der Waals surface area contributed by atoms with E-state index in [1.165, 1.54) is 12.0 Å². The minimum atomic E-state index is -1.04. The van der Waals surface area contributed by atoms with Crippen LogP contribution in [0.1, 0.15) is 56.8 Å². The molecule has 1 aromatic heterocycles. The van der Waals surface area contributed by atoms with Crippen LogP contribution in [0.3, 0.4) is 0 Å². The largest absolute Gasteiger partial charge is 0.453 e. The number of methoxy groups -OCH3 is 1. The van der Waals surface area contributed by atoms with Gasteiger partial charge in [0.2, 0.25) is 17.6 Å². The van der Waals surface area contributed by atoms with Crippen molar-refractivity contribution in [1.29, 1.82) is 0 Å². The summed E-state index contributed by atoms with van der Waals surface area (Å²) in [5, 5.41) is 9.36. The fourth-order valence-corrected chi connectivity index (χ4v) is 4.43. The lowest BCUT2D eigenvalue weighted by Crippen LogP contribution is -2.57. The minimum absolute atomic E-state index is 0.248. The number of Topliss-reactive ketones (excluding diaryl/α,β-unsaturated/α-hetero) is 1. The van der Waals surface area contributed by atoms with Crippen molar-refractivity contribution in [2.75, 3.05) is 13.7 Å². The average molecular weight is 530 g/mol. The predicted molar refractivity (Wildman–Crippen MR) is 137 cm³/mol. The van der Waals surface area contributed by atoms with Gasteiger partial charge in [-0.3, -0.25) is 14.4 Å². The Bertz CT molecular complexity index is 1250. The molecule has 1 fully saturated rings. The van der Waals surface area contributed by atoms with Crippen LogP contribution < -0.4 is 16.4 Å². The molecule has 206 valence electrons. The van der Waals surface area contributed by atoms with Crippen LogP contribution in [0.4, 0.5) is 4.79 Å². The van der Waals surface area contributed by atoms with Gasteiger partial charge in [-0.25, -0.2) is 9.59 Å². The highest BCUT2D eigenvalue weighted by atomic mass is 16.5. The number of hydrogen-bond acceptors (Lipinski definition) is 8. The van der Waals surface area contributed by atoms with Gasteiger partial charge >= 0.3 is 11.8 Å². The van der Waals surface area contributed by atoms with Gasteiger partial charge in [0.05, 0.1) is 18.8 Å². The predicted octanol–water partition coefficient (Wildman–Crippen LogP) is 1.83. The number of amides is 3. The summed E-state index contributed by atoms with van der Waals surface area (Å²) < 4.78 is 10.8. The maximum Gasteiger partial charge on any atom is 0.442 e. The lowest BCUT2D eigenvalue weighted by Gasteiger charge is -2.31. The first kappa shape index (κ1) is 28.6. The summed E-state index contributed by atoms with van der Waals surface area (Å²) >= 11 is 0. The number of para-hydroxylation sites is 1. The smallest absolute Gasteiger partial charge is 0.442 e. The molecule has 3 atom stereocenters. The molecule has 3 amide bonds.